The summed E-state index contributed by atoms with van der Waals surface area (Å²) in [5, 5.41) is 10.5. The maximum Gasteiger partial charge on any atom is 0.132 e. The quantitative estimate of drug-likeness (QED) is 0.871. The van der Waals surface area contributed by atoms with Gasteiger partial charge in [0.25, 0.3) is 0 Å². The Hall–Kier alpha value is -1.16. The van der Waals surface area contributed by atoms with Crippen LogP contribution in [0.3, 0.4) is 0 Å². The van der Waals surface area contributed by atoms with Crippen LogP contribution in [-0.4, -0.2) is 5.11 Å². The Labute approximate surface area is 113 Å². The van der Waals surface area contributed by atoms with Crippen LogP contribution in [0.5, 0.6) is 0 Å². The molecule has 0 bridgehead atoms. The molecule has 0 fully saturated rings. The highest BCUT2D eigenvalue weighted by Gasteiger charge is 2.21. The Balaban J connectivity index is 2.54. The lowest BCUT2D eigenvalue weighted by atomic mass is 10.0. The van der Waals surface area contributed by atoms with Crippen molar-refractivity contribution in [3.8, 4) is 0 Å². The number of benzene rings is 2. The average molecular weight is 289 g/mol. The third kappa shape index (κ3) is 2.48. The van der Waals surface area contributed by atoms with E-state index in [1.54, 1.807) is 0 Å². The number of hydrogen-bond acceptors (Lipinski definition) is 1. The van der Waals surface area contributed by atoms with Crippen molar-refractivity contribution in [3.63, 3.8) is 0 Å². The van der Waals surface area contributed by atoms with Crippen LogP contribution in [0.15, 0.2) is 36.4 Å². The van der Waals surface area contributed by atoms with Crippen molar-refractivity contribution in [3.05, 3.63) is 69.2 Å². The number of aliphatic hydroxyl groups excluding tert-OH is 1. The second-order valence-electron chi connectivity index (χ2n) is 3.70. The Kier molecular flexibility index (Phi) is 3.85. The van der Waals surface area contributed by atoms with Gasteiger partial charge in [-0.25, -0.2) is 8.78 Å². The Morgan fingerprint density at radius 1 is 1.00 bits per heavy atom. The molecule has 5 heteroatoms. The first-order valence-corrected chi connectivity index (χ1v) is 5.83. The average Bonchev–Trinajstić information content (AvgIpc) is 2.32. The fourth-order valence-corrected chi connectivity index (χ4v) is 2.05. The van der Waals surface area contributed by atoms with Gasteiger partial charge in [0, 0.05) is 15.6 Å². The summed E-state index contributed by atoms with van der Waals surface area (Å²) in [4.78, 5) is 0. The van der Waals surface area contributed by atoms with Crippen molar-refractivity contribution in [2.75, 3.05) is 0 Å². The van der Waals surface area contributed by atoms with Crippen molar-refractivity contribution >= 4 is 23.2 Å². The van der Waals surface area contributed by atoms with Gasteiger partial charge in [-0.05, 0) is 30.3 Å². The van der Waals surface area contributed by atoms with Gasteiger partial charge in [-0.3, -0.25) is 0 Å². The van der Waals surface area contributed by atoms with E-state index in [9.17, 15) is 13.9 Å². The fourth-order valence-electron chi connectivity index (χ4n) is 1.65. The van der Waals surface area contributed by atoms with Gasteiger partial charge in [0.1, 0.15) is 17.7 Å². The van der Waals surface area contributed by atoms with Crippen molar-refractivity contribution in [2.45, 2.75) is 6.10 Å². The summed E-state index contributed by atoms with van der Waals surface area (Å²) in [6.07, 6.45) is -1.50. The lowest BCUT2D eigenvalue weighted by Crippen LogP contribution is -2.06. The first-order chi connectivity index (χ1) is 8.50. The third-order valence-electron chi connectivity index (χ3n) is 2.53. The van der Waals surface area contributed by atoms with E-state index < -0.39 is 23.3 Å². The number of hydrogen-bond donors (Lipinski definition) is 1. The molecule has 1 nitrogen and oxygen atoms in total. The van der Waals surface area contributed by atoms with Crippen LogP contribution in [-0.2, 0) is 0 Å². The summed E-state index contributed by atoms with van der Waals surface area (Å²) in [5.41, 5.74) is -0.283. The van der Waals surface area contributed by atoms with E-state index in [0.29, 0.717) is 5.02 Å². The molecule has 0 aliphatic heterocycles. The second kappa shape index (κ2) is 5.22. The van der Waals surface area contributed by atoms with E-state index in [1.807, 2.05) is 0 Å². The maximum absolute atomic E-state index is 13.5. The van der Waals surface area contributed by atoms with Crippen LogP contribution >= 0.6 is 23.2 Å². The summed E-state index contributed by atoms with van der Waals surface area (Å²) < 4.78 is 27.1. The van der Waals surface area contributed by atoms with E-state index in [2.05, 4.69) is 0 Å². The van der Waals surface area contributed by atoms with Crippen LogP contribution < -0.4 is 0 Å². The molecule has 0 saturated carbocycles. The molecule has 0 spiro atoms. The van der Waals surface area contributed by atoms with E-state index in [4.69, 9.17) is 23.2 Å². The molecule has 0 radical (unpaired) electrons. The summed E-state index contributed by atoms with van der Waals surface area (Å²) in [5.74, 6) is -1.67. The smallest absolute Gasteiger partial charge is 0.132 e. The van der Waals surface area contributed by atoms with Crippen LogP contribution in [0.25, 0.3) is 0 Å². The molecule has 1 atom stereocenters. The molecule has 2 rings (SSSR count). The van der Waals surface area contributed by atoms with E-state index in [0.717, 1.165) is 12.1 Å². The summed E-state index contributed by atoms with van der Waals surface area (Å²) in [6, 6.07) is 7.72. The van der Waals surface area contributed by atoms with Crippen molar-refractivity contribution < 1.29 is 13.9 Å². The van der Waals surface area contributed by atoms with E-state index in [1.165, 1.54) is 24.3 Å². The zero-order chi connectivity index (χ0) is 13.3. The largest absolute Gasteiger partial charge is 0.383 e. The summed E-state index contributed by atoms with van der Waals surface area (Å²) >= 11 is 11.7. The Morgan fingerprint density at radius 3 is 2.22 bits per heavy atom. The van der Waals surface area contributed by atoms with Gasteiger partial charge in [0.15, 0.2) is 0 Å². The molecule has 0 aromatic heterocycles. The fraction of sp³-hybridized carbons (Fsp3) is 0.0769. The van der Waals surface area contributed by atoms with E-state index in [-0.39, 0.29) is 10.6 Å². The van der Waals surface area contributed by atoms with Gasteiger partial charge in [-0.15, -0.1) is 0 Å². The minimum Gasteiger partial charge on any atom is -0.383 e. The zero-order valence-corrected chi connectivity index (χ0v) is 10.5. The first-order valence-electron chi connectivity index (χ1n) is 5.07. The van der Waals surface area contributed by atoms with Gasteiger partial charge < -0.3 is 5.11 Å². The Bertz CT molecular complexity index is 567. The van der Waals surface area contributed by atoms with Crippen LogP contribution in [0.2, 0.25) is 10.0 Å². The predicted molar refractivity (Wildman–Crippen MR) is 66.9 cm³/mol. The number of aliphatic hydroxyl groups is 1. The molecule has 0 heterocycles. The third-order valence-corrected chi connectivity index (χ3v) is 3.11. The molecule has 0 aliphatic carbocycles. The van der Waals surface area contributed by atoms with Gasteiger partial charge in [-0.2, -0.15) is 0 Å². The van der Waals surface area contributed by atoms with Gasteiger partial charge >= 0.3 is 0 Å². The lowest BCUT2D eigenvalue weighted by molar-refractivity contribution is 0.209. The SMILES string of the molecule is OC(c1cc(Cl)ccc1Cl)c1c(F)cccc1F. The van der Waals surface area contributed by atoms with Crippen LogP contribution in [0, 0.1) is 11.6 Å². The summed E-state index contributed by atoms with van der Waals surface area (Å²) in [6.45, 7) is 0. The number of rotatable bonds is 2. The Morgan fingerprint density at radius 2 is 1.61 bits per heavy atom. The maximum atomic E-state index is 13.5. The molecule has 18 heavy (non-hydrogen) atoms. The molecule has 2 aromatic rings. The standard InChI is InChI=1S/C13H8Cl2F2O/c14-7-4-5-9(15)8(6-7)13(18)12-10(16)2-1-3-11(12)17/h1-6,13,18H. The first kappa shape index (κ1) is 13.3. The minimum atomic E-state index is -1.50. The molecule has 94 valence electrons. The topological polar surface area (TPSA) is 20.2 Å². The van der Waals surface area contributed by atoms with Gasteiger partial charge in [0.2, 0.25) is 0 Å². The van der Waals surface area contributed by atoms with Crippen molar-refractivity contribution in [2.24, 2.45) is 0 Å². The summed E-state index contributed by atoms with van der Waals surface area (Å²) in [7, 11) is 0. The monoisotopic (exact) mass is 288 g/mol. The van der Waals surface area contributed by atoms with Crippen LogP contribution in [0.4, 0.5) is 8.78 Å². The molecule has 0 saturated heterocycles. The molecular formula is C13H8Cl2F2O. The van der Waals surface area contributed by atoms with Crippen LogP contribution in [0.1, 0.15) is 17.2 Å². The van der Waals surface area contributed by atoms with E-state index >= 15 is 0 Å². The lowest BCUT2D eigenvalue weighted by Gasteiger charge is -2.15. The van der Waals surface area contributed by atoms with Gasteiger partial charge in [-0.1, -0.05) is 29.3 Å². The molecule has 1 unspecified atom stereocenters. The zero-order valence-electron chi connectivity index (χ0n) is 9.00. The van der Waals surface area contributed by atoms with Gasteiger partial charge in [0.05, 0.1) is 5.56 Å². The van der Waals surface area contributed by atoms with Crippen molar-refractivity contribution in [1.29, 1.82) is 0 Å². The minimum absolute atomic E-state index is 0.160. The van der Waals surface area contributed by atoms with Crippen molar-refractivity contribution in [1.82, 2.24) is 0 Å². The number of halogens is 4. The second-order valence-corrected chi connectivity index (χ2v) is 4.55. The molecule has 2 aromatic carbocycles. The highest BCUT2D eigenvalue weighted by Crippen LogP contribution is 2.32. The molecule has 0 aliphatic rings. The highest BCUT2D eigenvalue weighted by atomic mass is 35.5. The highest BCUT2D eigenvalue weighted by molar-refractivity contribution is 6.33. The molecule has 0 amide bonds. The molecule has 1 N–H and O–H groups in total. The molecular weight excluding hydrogens is 281 g/mol. The predicted octanol–water partition coefficient (Wildman–Crippen LogP) is 4.35. The normalized spacial score (nSPS) is 12.5.